The van der Waals surface area contributed by atoms with Crippen LogP contribution in [0, 0.1) is 0 Å². The van der Waals surface area contributed by atoms with Gasteiger partial charge in [-0.05, 0) is 18.6 Å². The lowest BCUT2D eigenvalue weighted by Gasteiger charge is -2.10. The molecule has 94 valence electrons. The summed E-state index contributed by atoms with van der Waals surface area (Å²) in [6, 6.07) is 2.71. The van der Waals surface area contributed by atoms with Crippen LogP contribution in [-0.4, -0.2) is 27.9 Å². The summed E-state index contributed by atoms with van der Waals surface area (Å²) in [5, 5.41) is 27.7. The van der Waals surface area contributed by atoms with Gasteiger partial charge in [0, 0.05) is 11.1 Å². The van der Waals surface area contributed by atoms with Crippen LogP contribution in [0.1, 0.15) is 34.8 Å². The van der Waals surface area contributed by atoms with E-state index in [2.05, 4.69) is 0 Å². The van der Waals surface area contributed by atoms with Gasteiger partial charge in [0.15, 0.2) is 0 Å². The number of carbonyl (C=O) groups excluding carboxylic acids is 1. The van der Waals surface area contributed by atoms with Gasteiger partial charge in [-0.25, -0.2) is 4.79 Å². The number of benzene rings is 1. The van der Waals surface area contributed by atoms with Crippen LogP contribution in [0.4, 0.5) is 0 Å². The third-order valence-corrected chi connectivity index (χ3v) is 2.28. The molecule has 1 aromatic rings. The Hall–Kier alpha value is -1.59. The van der Waals surface area contributed by atoms with E-state index < -0.39 is 19.2 Å². The molecule has 0 spiro atoms. The zero-order chi connectivity index (χ0) is 12.8. The molecule has 0 aliphatic heterocycles. The van der Waals surface area contributed by atoms with E-state index in [1.807, 2.05) is 6.92 Å². The molecule has 0 aromatic heterocycles. The van der Waals surface area contributed by atoms with Gasteiger partial charge >= 0.3 is 5.97 Å². The van der Waals surface area contributed by atoms with Gasteiger partial charge in [0.2, 0.25) is 0 Å². The number of esters is 1. The lowest BCUT2D eigenvalue weighted by Crippen LogP contribution is -2.07. The maximum atomic E-state index is 11.6. The fraction of sp³-hybridized carbons (Fsp3) is 0.417. The smallest absolute Gasteiger partial charge is 0.338 e. The van der Waals surface area contributed by atoms with Crippen molar-refractivity contribution in [2.45, 2.75) is 26.6 Å². The number of rotatable bonds is 5. The Balaban J connectivity index is 3.04. The van der Waals surface area contributed by atoms with Crippen molar-refractivity contribution in [1.29, 1.82) is 0 Å². The molecule has 0 atom stereocenters. The average Bonchev–Trinajstić information content (AvgIpc) is 2.36. The first-order valence-corrected chi connectivity index (χ1v) is 5.37. The van der Waals surface area contributed by atoms with E-state index in [1.54, 1.807) is 0 Å². The van der Waals surface area contributed by atoms with Gasteiger partial charge < -0.3 is 20.1 Å². The first-order valence-electron chi connectivity index (χ1n) is 5.37. The number of ether oxygens (including phenoxy) is 1. The van der Waals surface area contributed by atoms with Crippen LogP contribution in [0.3, 0.4) is 0 Å². The molecule has 17 heavy (non-hydrogen) atoms. The minimum Gasteiger partial charge on any atom is -0.507 e. The van der Waals surface area contributed by atoms with Crippen molar-refractivity contribution in [3.63, 3.8) is 0 Å². The van der Waals surface area contributed by atoms with Gasteiger partial charge in [0.25, 0.3) is 0 Å². The largest absolute Gasteiger partial charge is 0.507 e. The number of phenols is 1. The lowest BCUT2D eigenvalue weighted by molar-refractivity contribution is 0.0504. The Morgan fingerprint density at radius 2 is 1.76 bits per heavy atom. The molecule has 0 aliphatic carbocycles. The molecule has 0 saturated heterocycles. The molecule has 0 saturated carbocycles. The van der Waals surface area contributed by atoms with Crippen molar-refractivity contribution in [2.75, 3.05) is 6.61 Å². The number of aromatic hydroxyl groups is 1. The molecule has 1 aromatic carbocycles. The van der Waals surface area contributed by atoms with Crippen molar-refractivity contribution < 1.29 is 24.9 Å². The highest BCUT2D eigenvalue weighted by Crippen LogP contribution is 2.25. The molecule has 0 amide bonds. The quantitative estimate of drug-likeness (QED) is 0.667. The lowest BCUT2D eigenvalue weighted by atomic mass is 10.0. The number of hydrogen-bond donors (Lipinski definition) is 3. The van der Waals surface area contributed by atoms with Gasteiger partial charge in [-0.3, -0.25) is 0 Å². The van der Waals surface area contributed by atoms with Crippen LogP contribution in [-0.2, 0) is 18.0 Å². The Morgan fingerprint density at radius 1 is 1.24 bits per heavy atom. The van der Waals surface area contributed by atoms with Gasteiger partial charge in [-0.1, -0.05) is 6.92 Å². The predicted octanol–water partition coefficient (Wildman–Crippen LogP) is 0.944. The van der Waals surface area contributed by atoms with Crippen molar-refractivity contribution in [2.24, 2.45) is 0 Å². The summed E-state index contributed by atoms with van der Waals surface area (Å²) in [6.07, 6.45) is 0.712. The molecule has 0 aliphatic rings. The number of hydrogen-bond acceptors (Lipinski definition) is 5. The summed E-state index contributed by atoms with van der Waals surface area (Å²) < 4.78 is 4.93. The number of aliphatic hydroxyl groups is 2. The first-order chi connectivity index (χ1) is 8.13. The molecule has 5 heteroatoms. The van der Waals surface area contributed by atoms with Crippen molar-refractivity contribution in [3.8, 4) is 5.75 Å². The first kappa shape index (κ1) is 13.5. The van der Waals surface area contributed by atoms with Crippen molar-refractivity contribution >= 4 is 5.97 Å². The third kappa shape index (κ3) is 3.18. The van der Waals surface area contributed by atoms with Crippen molar-refractivity contribution in [1.82, 2.24) is 0 Å². The molecule has 0 bridgehead atoms. The van der Waals surface area contributed by atoms with Gasteiger partial charge in [0.1, 0.15) is 5.75 Å². The molecular weight excluding hydrogens is 224 g/mol. The van der Waals surface area contributed by atoms with Crippen LogP contribution in [0.15, 0.2) is 12.1 Å². The van der Waals surface area contributed by atoms with E-state index >= 15 is 0 Å². The summed E-state index contributed by atoms with van der Waals surface area (Å²) in [5.41, 5.74) is 0.601. The average molecular weight is 240 g/mol. The summed E-state index contributed by atoms with van der Waals surface area (Å²) >= 11 is 0. The van der Waals surface area contributed by atoms with Crippen LogP contribution < -0.4 is 0 Å². The van der Waals surface area contributed by atoms with Gasteiger partial charge in [-0.2, -0.15) is 0 Å². The minimum atomic E-state index is -0.531. The van der Waals surface area contributed by atoms with Gasteiger partial charge in [0.05, 0.1) is 25.4 Å². The summed E-state index contributed by atoms with van der Waals surface area (Å²) in [6.45, 7) is 1.37. The zero-order valence-electron chi connectivity index (χ0n) is 9.64. The predicted molar refractivity (Wildman–Crippen MR) is 60.5 cm³/mol. The third-order valence-electron chi connectivity index (χ3n) is 2.28. The molecular formula is C12H16O5. The fourth-order valence-electron chi connectivity index (χ4n) is 1.40. The highest BCUT2D eigenvalue weighted by molar-refractivity contribution is 5.90. The summed E-state index contributed by atoms with van der Waals surface area (Å²) in [7, 11) is 0. The highest BCUT2D eigenvalue weighted by Gasteiger charge is 2.14. The van der Waals surface area contributed by atoms with Gasteiger partial charge in [-0.15, -0.1) is 0 Å². The fourth-order valence-corrected chi connectivity index (χ4v) is 1.40. The van der Waals surface area contributed by atoms with Crippen LogP contribution in [0.25, 0.3) is 0 Å². The maximum Gasteiger partial charge on any atom is 0.338 e. The maximum absolute atomic E-state index is 11.6. The molecule has 0 fully saturated rings. The second kappa shape index (κ2) is 6.22. The van der Waals surface area contributed by atoms with Crippen LogP contribution in [0.2, 0.25) is 0 Å². The van der Waals surface area contributed by atoms with Crippen LogP contribution >= 0.6 is 0 Å². The monoisotopic (exact) mass is 240 g/mol. The van der Waals surface area contributed by atoms with E-state index in [0.29, 0.717) is 13.0 Å². The van der Waals surface area contributed by atoms with E-state index in [4.69, 9.17) is 14.9 Å². The van der Waals surface area contributed by atoms with E-state index in [0.717, 1.165) is 0 Å². The molecule has 0 unspecified atom stereocenters. The van der Waals surface area contributed by atoms with Crippen LogP contribution in [0.5, 0.6) is 5.75 Å². The number of aliphatic hydroxyl groups excluding tert-OH is 2. The molecule has 5 nitrogen and oxygen atoms in total. The molecule has 3 N–H and O–H groups in total. The normalized spacial score (nSPS) is 10.3. The second-order valence-corrected chi connectivity index (χ2v) is 3.60. The number of carbonyl (C=O) groups is 1. The second-order valence-electron chi connectivity index (χ2n) is 3.60. The Morgan fingerprint density at radius 3 is 2.18 bits per heavy atom. The van der Waals surface area contributed by atoms with E-state index in [9.17, 15) is 9.90 Å². The Labute approximate surface area is 99.3 Å². The topological polar surface area (TPSA) is 87.0 Å². The summed E-state index contributed by atoms with van der Waals surface area (Å²) in [4.78, 5) is 11.6. The van der Waals surface area contributed by atoms with E-state index in [1.165, 1.54) is 12.1 Å². The Kier molecular flexibility index (Phi) is 4.93. The SMILES string of the molecule is CCCOC(=O)c1cc(CO)c(O)c(CO)c1. The Bertz CT molecular complexity index is 375. The minimum absolute atomic E-state index is 0.193. The molecule has 0 heterocycles. The zero-order valence-corrected chi connectivity index (χ0v) is 9.64. The molecule has 0 radical (unpaired) electrons. The summed E-state index contributed by atoms with van der Waals surface area (Å²) in [5.74, 6) is -0.724. The highest BCUT2D eigenvalue weighted by atomic mass is 16.5. The van der Waals surface area contributed by atoms with E-state index in [-0.39, 0.29) is 22.4 Å². The van der Waals surface area contributed by atoms with Crippen molar-refractivity contribution in [3.05, 3.63) is 28.8 Å². The standard InChI is InChI=1S/C12H16O5/c1-2-3-17-12(16)8-4-9(6-13)11(15)10(5-8)7-14/h4-5,13-15H,2-3,6-7H2,1H3. The molecule has 1 rings (SSSR count).